The number of piperidine rings is 1. The first-order valence-corrected chi connectivity index (χ1v) is 13.0. The lowest BCUT2D eigenvalue weighted by Gasteiger charge is -2.31. The van der Waals surface area contributed by atoms with Crippen molar-refractivity contribution < 1.29 is 23.9 Å². The maximum atomic E-state index is 12.5. The standard InChI is InChI=1S/C26H27ClN4O5S/c1-35-22-14-21(20(27)13-18(22)15-32)29-23(33)9-12-31-10-7-19(8-11-31)36-26(34)30-25-24(28-16-37-25)17-5-3-2-4-6-17/h2-6,13-16,19H,7-12H2,1H3,(H,29,33)(H,30,34). The van der Waals surface area contributed by atoms with E-state index in [2.05, 4.69) is 20.5 Å². The highest BCUT2D eigenvalue weighted by atomic mass is 35.5. The second kappa shape index (κ2) is 12.7. The van der Waals surface area contributed by atoms with Gasteiger partial charge in [-0.2, -0.15) is 0 Å². The van der Waals surface area contributed by atoms with Gasteiger partial charge in [-0.3, -0.25) is 14.9 Å². The number of thiazole rings is 1. The summed E-state index contributed by atoms with van der Waals surface area (Å²) in [5.74, 6) is 0.145. The van der Waals surface area contributed by atoms with Crippen molar-refractivity contribution in [1.82, 2.24) is 9.88 Å². The van der Waals surface area contributed by atoms with Crippen LogP contribution in [0.3, 0.4) is 0 Å². The second-order valence-corrected chi connectivity index (χ2v) is 9.72. The van der Waals surface area contributed by atoms with Gasteiger partial charge in [0.25, 0.3) is 0 Å². The molecule has 1 aliphatic rings. The highest BCUT2D eigenvalue weighted by Gasteiger charge is 2.23. The number of hydrogen-bond acceptors (Lipinski definition) is 8. The highest BCUT2D eigenvalue weighted by Crippen LogP contribution is 2.31. The number of nitrogens with zero attached hydrogens (tertiary/aromatic N) is 2. The van der Waals surface area contributed by atoms with Crippen molar-refractivity contribution in [1.29, 1.82) is 0 Å². The lowest BCUT2D eigenvalue weighted by molar-refractivity contribution is -0.116. The van der Waals surface area contributed by atoms with Crippen LogP contribution in [0.1, 0.15) is 29.6 Å². The summed E-state index contributed by atoms with van der Waals surface area (Å²) in [4.78, 5) is 42.6. The number of benzene rings is 2. The number of aromatic nitrogens is 1. The number of halogens is 1. The van der Waals surface area contributed by atoms with Gasteiger partial charge in [-0.25, -0.2) is 9.78 Å². The molecule has 0 saturated carbocycles. The topological polar surface area (TPSA) is 110 Å². The van der Waals surface area contributed by atoms with Gasteiger partial charge in [0, 0.05) is 37.7 Å². The smallest absolute Gasteiger partial charge is 0.412 e. The van der Waals surface area contributed by atoms with Crippen molar-refractivity contribution >= 4 is 51.9 Å². The predicted octanol–water partition coefficient (Wildman–Crippen LogP) is 5.33. The molecule has 2 N–H and O–H groups in total. The van der Waals surface area contributed by atoms with Gasteiger partial charge in [0.2, 0.25) is 5.91 Å². The first-order chi connectivity index (χ1) is 18.0. The SMILES string of the molecule is COc1cc(NC(=O)CCN2CCC(OC(=O)Nc3scnc3-c3ccccc3)CC2)c(Cl)cc1C=O. The van der Waals surface area contributed by atoms with Crippen molar-refractivity contribution in [2.75, 3.05) is 37.4 Å². The van der Waals surface area contributed by atoms with E-state index >= 15 is 0 Å². The third-order valence-electron chi connectivity index (χ3n) is 6.01. The zero-order valence-corrected chi connectivity index (χ0v) is 21.8. The Kier molecular flexibility index (Phi) is 9.10. The Balaban J connectivity index is 1.20. The molecule has 1 saturated heterocycles. The third-order valence-corrected chi connectivity index (χ3v) is 7.07. The molecule has 194 valence electrons. The fourth-order valence-corrected chi connectivity index (χ4v) is 4.97. The monoisotopic (exact) mass is 542 g/mol. The number of ether oxygens (including phenoxy) is 2. The fourth-order valence-electron chi connectivity index (χ4n) is 4.07. The first kappa shape index (κ1) is 26.6. The average Bonchev–Trinajstić information content (AvgIpc) is 3.37. The third kappa shape index (κ3) is 7.06. The molecule has 3 aromatic rings. The number of nitrogens with one attached hydrogen (secondary N) is 2. The van der Waals surface area contributed by atoms with E-state index in [9.17, 15) is 14.4 Å². The van der Waals surface area contributed by atoms with Crippen LogP contribution in [0.15, 0.2) is 48.0 Å². The number of aldehydes is 1. The van der Waals surface area contributed by atoms with Crippen molar-refractivity contribution in [3.8, 4) is 17.0 Å². The van der Waals surface area contributed by atoms with Crippen LogP contribution in [0.4, 0.5) is 15.5 Å². The molecule has 1 aromatic heterocycles. The summed E-state index contributed by atoms with van der Waals surface area (Å²) < 4.78 is 10.8. The molecule has 37 heavy (non-hydrogen) atoms. The summed E-state index contributed by atoms with van der Waals surface area (Å²) in [5.41, 5.74) is 4.04. The predicted molar refractivity (Wildman–Crippen MR) is 144 cm³/mol. The van der Waals surface area contributed by atoms with E-state index in [4.69, 9.17) is 21.1 Å². The molecule has 0 atom stereocenters. The lowest BCUT2D eigenvalue weighted by atomic mass is 10.1. The normalized spacial score (nSPS) is 14.1. The number of hydrogen-bond donors (Lipinski definition) is 2. The summed E-state index contributed by atoms with van der Waals surface area (Å²) in [6, 6.07) is 12.7. The number of anilines is 2. The molecule has 0 spiro atoms. The van der Waals surface area contributed by atoms with E-state index in [-0.39, 0.29) is 23.5 Å². The van der Waals surface area contributed by atoms with Gasteiger partial charge < -0.3 is 19.7 Å². The van der Waals surface area contributed by atoms with Gasteiger partial charge in [-0.1, -0.05) is 41.9 Å². The highest BCUT2D eigenvalue weighted by molar-refractivity contribution is 7.14. The van der Waals surface area contributed by atoms with Crippen LogP contribution in [-0.4, -0.2) is 61.0 Å². The van der Waals surface area contributed by atoms with E-state index in [1.54, 1.807) is 5.51 Å². The maximum Gasteiger partial charge on any atom is 0.412 e. The number of likely N-dealkylation sites (tertiary alicyclic amines) is 1. The van der Waals surface area contributed by atoms with Crippen molar-refractivity contribution in [3.63, 3.8) is 0 Å². The molecule has 1 fully saturated rings. The van der Waals surface area contributed by atoms with E-state index in [0.29, 0.717) is 60.8 Å². The molecule has 1 aliphatic heterocycles. The Morgan fingerprint density at radius 2 is 1.95 bits per heavy atom. The van der Waals surface area contributed by atoms with Crippen LogP contribution >= 0.6 is 22.9 Å². The molecule has 9 nitrogen and oxygen atoms in total. The summed E-state index contributed by atoms with van der Waals surface area (Å²) in [6.07, 6.45) is 1.59. The Labute approximate surface area is 223 Å². The number of methoxy groups -OCH3 is 1. The van der Waals surface area contributed by atoms with E-state index in [1.165, 1.54) is 30.6 Å². The first-order valence-electron chi connectivity index (χ1n) is 11.8. The van der Waals surface area contributed by atoms with Gasteiger partial charge in [0.15, 0.2) is 6.29 Å². The molecule has 0 aliphatic carbocycles. The average molecular weight is 543 g/mol. The largest absolute Gasteiger partial charge is 0.496 e. The van der Waals surface area contributed by atoms with Gasteiger partial charge in [0.05, 0.1) is 28.9 Å². The second-order valence-electron chi connectivity index (χ2n) is 8.46. The quantitative estimate of drug-likeness (QED) is 0.352. The van der Waals surface area contributed by atoms with Crippen LogP contribution in [0.2, 0.25) is 5.02 Å². The summed E-state index contributed by atoms with van der Waals surface area (Å²) in [5, 5.41) is 6.51. The Morgan fingerprint density at radius 3 is 2.65 bits per heavy atom. The summed E-state index contributed by atoms with van der Waals surface area (Å²) in [6.45, 7) is 1.99. The number of carbonyl (C=O) groups is 3. The zero-order valence-electron chi connectivity index (χ0n) is 20.2. The summed E-state index contributed by atoms with van der Waals surface area (Å²) in [7, 11) is 1.44. The molecule has 0 bridgehead atoms. The molecular weight excluding hydrogens is 516 g/mol. The maximum absolute atomic E-state index is 12.5. The molecular formula is C26H27ClN4O5S. The van der Waals surface area contributed by atoms with Crippen LogP contribution in [0, 0.1) is 0 Å². The van der Waals surface area contributed by atoms with Gasteiger partial charge in [-0.15, -0.1) is 11.3 Å². The van der Waals surface area contributed by atoms with E-state index in [1.807, 2.05) is 30.3 Å². The number of carbonyl (C=O) groups excluding carboxylic acids is 3. The van der Waals surface area contributed by atoms with Gasteiger partial charge in [-0.05, 0) is 18.9 Å². The van der Waals surface area contributed by atoms with Crippen molar-refractivity contribution in [2.45, 2.75) is 25.4 Å². The minimum Gasteiger partial charge on any atom is -0.496 e. The molecule has 11 heteroatoms. The number of amides is 2. The molecule has 0 radical (unpaired) electrons. The van der Waals surface area contributed by atoms with Gasteiger partial charge in [0.1, 0.15) is 22.5 Å². The lowest BCUT2D eigenvalue weighted by Crippen LogP contribution is -2.39. The minimum atomic E-state index is -0.493. The van der Waals surface area contributed by atoms with Crippen molar-refractivity contribution in [2.24, 2.45) is 0 Å². The Hall–Kier alpha value is -3.47. The summed E-state index contributed by atoms with van der Waals surface area (Å²) >= 11 is 7.53. The minimum absolute atomic E-state index is 0.194. The van der Waals surface area contributed by atoms with Crippen LogP contribution < -0.4 is 15.4 Å². The van der Waals surface area contributed by atoms with E-state index < -0.39 is 6.09 Å². The molecule has 2 heterocycles. The van der Waals surface area contributed by atoms with Gasteiger partial charge >= 0.3 is 6.09 Å². The molecule has 0 unspecified atom stereocenters. The molecule has 2 amide bonds. The fraction of sp³-hybridized carbons (Fsp3) is 0.308. The Morgan fingerprint density at radius 1 is 1.19 bits per heavy atom. The Bertz CT molecular complexity index is 1250. The molecule has 2 aromatic carbocycles. The van der Waals surface area contributed by atoms with Crippen LogP contribution in [0.5, 0.6) is 5.75 Å². The van der Waals surface area contributed by atoms with Crippen LogP contribution in [0.25, 0.3) is 11.3 Å². The van der Waals surface area contributed by atoms with E-state index in [0.717, 1.165) is 11.3 Å². The van der Waals surface area contributed by atoms with Crippen LogP contribution in [-0.2, 0) is 9.53 Å². The molecule has 4 rings (SSSR count). The zero-order chi connectivity index (χ0) is 26.2. The van der Waals surface area contributed by atoms with Crippen molar-refractivity contribution in [3.05, 3.63) is 58.6 Å². The number of rotatable bonds is 9.